The van der Waals surface area contributed by atoms with E-state index in [2.05, 4.69) is 10.3 Å². The number of hydrogen-bond donors (Lipinski definition) is 1. The normalized spacial score (nSPS) is 19.4. The Morgan fingerprint density at radius 1 is 1.11 bits per heavy atom. The number of pyridine rings is 1. The summed E-state index contributed by atoms with van der Waals surface area (Å²) in [6.45, 7) is 3.07. The highest BCUT2D eigenvalue weighted by atomic mass is 19.4. The second-order valence-corrected chi connectivity index (χ2v) is 8.42. The third-order valence-corrected chi connectivity index (χ3v) is 6.11. The Morgan fingerprint density at radius 3 is 2.37 bits per heavy atom. The number of imide groups is 1. The number of alkyl halides is 3. The molecule has 2 saturated heterocycles. The van der Waals surface area contributed by atoms with E-state index < -0.39 is 23.8 Å². The second-order valence-electron chi connectivity index (χ2n) is 8.42. The first-order valence-electron chi connectivity index (χ1n) is 11.4. The molecule has 2 aliphatic heterocycles. The van der Waals surface area contributed by atoms with Crippen molar-refractivity contribution in [2.75, 3.05) is 29.5 Å². The van der Waals surface area contributed by atoms with Crippen molar-refractivity contribution in [3.8, 4) is 0 Å². The fourth-order valence-electron chi connectivity index (χ4n) is 4.29. The lowest BCUT2D eigenvalue weighted by atomic mass is 10.0. The van der Waals surface area contributed by atoms with E-state index in [9.17, 15) is 27.6 Å². The summed E-state index contributed by atoms with van der Waals surface area (Å²) in [4.78, 5) is 44.3. The van der Waals surface area contributed by atoms with E-state index in [-0.39, 0.29) is 30.9 Å². The van der Waals surface area contributed by atoms with Crippen LogP contribution in [-0.4, -0.2) is 54.5 Å². The van der Waals surface area contributed by atoms with Crippen molar-refractivity contribution in [3.05, 3.63) is 53.7 Å². The van der Waals surface area contributed by atoms with Crippen LogP contribution in [0.25, 0.3) is 0 Å². The van der Waals surface area contributed by atoms with Gasteiger partial charge in [0.15, 0.2) is 0 Å². The molecule has 0 aliphatic carbocycles. The van der Waals surface area contributed by atoms with E-state index in [1.165, 1.54) is 18.2 Å². The van der Waals surface area contributed by atoms with Gasteiger partial charge in [0.25, 0.3) is 5.91 Å². The van der Waals surface area contributed by atoms with Gasteiger partial charge < -0.3 is 15.0 Å². The van der Waals surface area contributed by atoms with Crippen molar-refractivity contribution in [3.63, 3.8) is 0 Å². The van der Waals surface area contributed by atoms with E-state index in [1.54, 1.807) is 19.1 Å². The molecule has 1 aromatic carbocycles. The molecule has 0 spiro atoms. The van der Waals surface area contributed by atoms with Crippen LogP contribution in [0.4, 0.5) is 24.7 Å². The largest absolute Gasteiger partial charge is 0.462 e. The van der Waals surface area contributed by atoms with Gasteiger partial charge in [-0.05, 0) is 56.2 Å². The van der Waals surface area contributed by atoms with Crippen LogP contribution in [0.3, 0.4) is 0 Å². The molecule has 1 atom stereocenters. The molecule has 0 radical (unpaired) electrons. The van der Waals surface area contributed by atoms with Crippen LogP contribution < -0.4 is 15.1 Å². The topological polar surface area (TPSA) is 91.8 Å². The molecular formula is C24H25F3N4O4. The van der Waals surface area contributed by atoms with Gasteiger partial charge in [-0.25, -0.2) is 14.7 Å². The van der Waals surface area contributed by atoms with Crippen LogP contribution in [0.1, 0.15) is 42.1 Å². The highest BCUT2D eigenvalue weighted by molar-refractivity contribution is 6.22. The van der Waals surface area contributed by atoms with Gasteiger partial charge in [-0.1, -0.05) is 0 Å². The van der Waals surface area contributed by atoms with Gasteiger partial charge in [-0.2, -0.15) is 13.2 Å². The average molecular weight is 490 g/mol. The number of hydrogen-bond acceptors (Lipinski definition) is 7. The predicted molar refractivity (Wildman–Crippen MR) is 121 cm³/mol. The maximum atomic E-state index is 12.9. The number of piperidine rings is 1. The summed E-state index contributed by atoms with van der Waals surface area (Å²) >= 11 is 0. The number of nitrogens with one attached hydrogen (secondary N) is 1. The summed E-state index contributed by atoms with van der Waals surface area (Å²) < 4.78 is 43.2. The van der Waals surface area contributed by atoms with E-state index in [0.717, 1.165) is 17.2 Å². The maximum absolute atomic E-state index is 12.9. The molecule has 1 aromatic heterocycles. The van der Waals surface area contributed by atoms with E-state index in [1.807, 2.05) is 4.90 Å². The average Bonchev–Trinajstić information content (AvgIpc) is 3.12. The molecule has 8 nitrogen and oxygen atoms in total. The lowest BCUT2D eigenvalue weighted by Gasteiger charge is -2.34. The Hall–Kier alpha value is -3.47. The molecule has 35 heavy (non-hydrogen) atoms. The molecule has 2 amide bonds. The summed E-state index contributed by atoms with van der Waals surface area (Å²) in [6, 6.07) is 7.81. The number of nitrogens with zero attached hydrogens (tertiary/aromatic N) is 3. The highest BCUT2D eigenvalue weighted by Gasteiger charge is 2.41. The molecule has 2 aromatic rings. The van der Waals surface area contributed by atoms with Crippen molar-refractivity contribution in [1.82, 2.24) is 10.3 Å². The van der Waals surface area contributed by atoms with Gasteiger partial charge in [0.1, 0.15) is 5.82 Å². The van der Waals surface area contributed by atoms with E-state index >= 15 is 0 Å². The predicted octanol–water partition coefficient (Wildman–Crippen LogP) is 3.17. The first kappa shape index (κ1) is 24.6. The van der Waals surface area contributed by atoms with Crippen molar-refractivity contribution < 1.29 is 32.3 Å². The number of carbonyl (C=O) groups is 3. The number of rotatable bonds is 6. The molecule has 1 unspecified atom stereocenters. The maximum Gasteiger partial charge on any atom is 0.417 e. The van der Waals surface area contributed by atoms with Crippen LogP contribution in [0, 0.1) is 0 Å². The number of aromatic nitrogens is 1. The van der Waals surface area contributed by atoms with Crippen LogP contribution in [0.2, 0.25) is 0 Å². The lowest BCUT2D eigenvalue weighted by Crippen LogP contribution is -2.49. The Balaban J connectivity index is 1.32. The summed E-state index contributed by atoms with van der Waals surface area (Å²) in [5.41, 5.74) is -0.0680. The van der Waals surface area contributed by atoms with Crippen LogP contribution >= 0.6 is 0 Å². The SMILES string of the molecule is CCOC(=O)c1ccc(N2C(=O)CC(NC3CCN(c4ccc(C(F)(F)F)cn4)CC3)C2=O)cc1. The zero-order valence-corrected chi connectivity index (χ0v) is 19.0. The Morgan fingerprint density at radius 2 is 1.80 bits per heavy atom. The summed E-state index contributed by atoms with van der Waals surface area (Å²) in [5, 5.41) is 3.26. The molecule has 2 aliphatic rings. The summed E-state index contributed by atoms with van der Waals surface area (Å²) in [6.07, 6.45) is -2.27. The molecule has 186 valence electrons. The molecular weight excluding hydrogens is 465 g/mol. The van der Waals surface area contributed by atoms with Gasteiger partial charge >= 0.3 is 12.1 Å². The standard InChI is InChI=1S/C24H25F3N4O4/c1-2-35-23(34)15-3-6-18(7-4-15)31-21(32)13-19(22(31)33)29-17-9-11-30(12-10-17)20-8-5-16(14-28-20)24(25,26)27/h3-8,14,17,19,29H,2,9-13H2,1H3. The minimum absolute atomic E-state index is 0.0198. The summed E-state index contributed by atoms with van der Waals surface area (Å²) in [7, 11) is 0. The minimum Gasteiger partial charge on any atom is -0.462 e. The zero-order chi connectivity index (χ0) is 25.2. The quantitative estimate of drug-likeness (QED) is 0.491. The Labute approximate surface area is 200 Å². The summed E-state index contributed by atoms with van der Waals surface area (Å²) in [5.74, 6) is -0.690. The van der Waals surface area contributed by atoms with Crippen LogP contribution in [-0.2, 0) is 20.5 Å². The van der Waals surface area contributed by atoms with E-state index in [4.69, 9.17) is 4.74 Å². The smallest absolute Gasteiger partial charge is 0.417 e. The zero-order valence-electron chi connectivity index (χ0n) is 19.0. The fraction of sp³-hybridized carbons (Fsp3) is 0.417. The van der Waals surface area contributed by atoms with Crippen molar-refractivity contribution in [1.29, 1.82) is 0 Å². The number of esters is 1. The van der Waals surface area contributed by atoms with E-state index in [0.29, 0.717) is 43.0 Å². The van der Waals surface area contributed by atoms with Crippen LogP contribution in [0.5, 0.6) is 0 Å². The first-order chi connectivity index (χ1) is 16.7. The number of ether oxygens (including phenoxy) is 1. The molecule has 0 bridgehead atoms. The highest BCUT2D eigenvalue weighted by Crippen LogP contribution is 2.30. The van der Waals surface area contributed by atoms with Gasteiger partial charge in [0.2, 0.25) is 5.91 Å². The van der Waals surface area contributed by atoms with Gasteiger partial charge in [-0.15, -0.1) is 0 Å². The van der Waals surface area contributed by atoms with Crippen molar-refractivity contribution in [2.45, 2.75) is 44.4 Å². The fourth-order valence-corrected chi connectivity index (χ4v) is 4.29. The molecule has 11 heteroatoms. The first-order valence-corrected chi connectivity index (χ1v) is 11.4. The number of carbonyl (C=O) groups excluding carboxylic acids is 3. The lowest BCUT2D eigenvalue weighted by molar-refractivity contribution is -0.137. The molecule has 4 rings (SSSR count). The van der Waals surface area contributed by atoms with Crippen LogP contribution in [0.15, 0.2) is 42.6 Å². The number of amides is 2. The number of anilines is 2. The second kappa shape index (κ2) is 10.0. The van der Waals surface area contributed by atoms with Crippen molar-refractivity contribution >= 4 is 29.3 Å². The third kappa shape index (κ3) is 5.45. The minimum atomic E-state index is -4.43. The Kier molecular flexibility index (Phi) is 7.06. The molecule has 2 fully saturated rings. The molecule has 1 N–H and O–H groups in total. The molecule has 0 saturated carbocycles. The number of halogens is 3. The van der Waals surface area contributed by atoms with Gasteiger partial charge in [-0.3, -0.25) is 9.59 Å². The Bertz CT molecular complexity index is 1080. The van der Waals surface area contributed by atoms with Crippen molar-refractivity contribution in [2.24, 2.45) is 0 Å². The molecule has 3 heterocycles. The third-order valence-electron chi connectivity index (χ3n) is 6.11. The monoisotopic (exact) mass is 490 g/mol. The van der Waals surface area contributed by atoms with Gasteiger partial charge in [0, 0.05) is 25.3 Å². The number of benzene rings is 1. The van der Waals surface area contributed by atoms with Gasteiger partial charge in [0.05, 0.1) is 35.9 Å².